The second kappa shape index (κ2) is 4.39. The minimum absolute atomic E-state index is 0.414. The maximum absolute atomic E-state index is 10.4. The normalized spacial score (nSPS) is 18.7. The number of hydrogen-bond acceptors (Lipinski definition) is 5. The van der Waals surface area contributed by atoms with Gasteiger partial charge in [0.25, 0.3) is 6.20 Å². The number of hydrogen-bond donors (Lipinski definition) is 0. The Bertz CT molecular complexity index is 375. The molecule has 15 heavy (non-hydrogen) atoms. The van der Waals surface area contributed by atoms with E-state index in [2.05, 4.69) is 0 Å². The molecule has 1 saturated heterocycles. The molecule has 1 fully saturated rings. The van der Waals surface area contributed by atoms with Gasteiger partial charge in [0.1, 0.15) is 10.8 Å². The van der Waals surface area contributed by atoms with Crippen molar-refractivity contribution < 1.29 is 9.34 Å². The van der Waals surface area contributed by atoms with E-state index in [9.17, 15) is 10.1 Å². The lowest BCUT2D eigenvalue weighted by molar-refractivity contribution is -0.403. The van der Waals surface area contributed by atoms with Crippen molar-refractivity contribution in [2.24, 2.45) is 0 Å². The fourth-order valence-corrected chi connectivity index (χ4v) is 2.44. The van der Waals surface area contributed by atoms with Crippen molar-refractivity contribution in [3.8, 4) is 0 Å². The number of thioether (sulfide) groups is 1. The first-order chi connectivity index (χ1) is 7.25. The van der Waals surface area contributed by atoms with Crippen LogP contribution in [0.1, 0.15) is 5.76 Å². The molecule has 0 saturated carbocycles. The second-order valence-electron chi connectivity index (χ2n) is 3.10. The van der Waals surface area contributed by atoms with E-state index in [1.165, 1.54) is 11.8 Å². The van der Waals surface area contributed by atoms with E-state index in [4.69, 9.17) is 4.42 Å². The van der Waals surface area contributed by atoms with Gasteiger partial charge in [0, 0.05) is 12.3 Å². The van der Waals surface area contributed by atoms with Crippen LogP contribution >= 0.6 is 11.8 Å². The first-order valence-corrected chi connectivity index (χ1v) is 5.50. The Hall–Kier alpha value is -1.43. The predicted octanol–water partition coefficient (Wildman–Crippen LogP) is 1.90. The molecule has 6 heteroatoms. The van der Waals surface area contributed by atoms with Crippen molar-refractivity contribution in [3.05, 3.63) is 45.5 Å². The SMILES string of the molecule is O=[N+]([O-])C=C1SCCN1Cc1ccco1. The van der Waals surface area contributed by atoms with Crippen LogP contribution in [0.15, 0.2) is 34.0 Å². The second-order valence-corrected chi connectivity index (χ2v) is 4.22. The monoisotopic (exact) mass is 226 g/mol. The predicted molar refractivity (Wildman–Crippen MR) is 56.7 cm³/mol. The molecule has 2 rings (SSSR count). The summed E-state index contributed by atoms with van der Waals surface area (Å²) in [4.78, 5) is 11.9. The van der Waals surface area contributed by atoms with Crippen molar-refractivity contribution >= 4 is 11.8 Å². The summed E-state index contributed by atoms with van der Waals surface area (Å²) >= 11 is 1.50. The summed E-state index contributed by atoms with van der Waals surface area (Å²) in [5.41, 5.74) is 0. The third-order valence-electron chi connectivity index (χ3n) is 2.07. The topological polar surface area (TPSA) is 59.5 Å². The molecule has 1 aromatic rings. The van der Waals surface area contributed by atoms with Crippen LogP contribution in [0.3, 0.4) is 0 Å². The van der Waals surface area contributed by atoms with E-state index in [-0.39, 0.29) is 0 Å². The number of rotatable bonds is 3. The van der Waals surface area contributed by atoms with Crippen LogP contribution in [0.2, 0.25) is 0 Å². The highest BCUT2D eigenvalue weighted by molar-refractivity contribution is 8.03. The Kier molecular flexibility index (Phi) is 2.96. The molecule has 0 bridgehead atoms. The van der Waals surface area contributed by atoms with Crippen LogP contribution in [0.25, 0.3) is 0 Å². The van der Waals surface area contributed by atoms with Crippen LogP contribution in [-0.4, -0.2) is 22.1 Å². The first kappa shape index (κ1) is 10.1. The molecule has 0 amide bonds. The molecular weight excluding hydrogens is 216 g/mol. The summed E-state index contributed by atoms with van der Waals surface area (Å²) in [6.07, 6.45) is 2.66. The molecule has 2 heterocycles. The lowest BCUT2D eigenvalue weighted by Gasteiger charge is -2.14. The molecule has 0 aromatic carbocycles. The van der Waals surface area contributed by atoms with Gasteiger partial charge in [0.15, 0.2) is 0 Å². The molecule has 0 radical (unpaired) electrons. The maximum atomic E-state index is 10.4. The largest absolute Gasteiger partial charge is 0.467 e. The smallest absolute Gasteiger partial charge is 0.264 e. The number of nitrogens with zero attached hydrogens (tertiary/aromatic N) is 2. The average molecular weight is 226 g/mol. The number of nitro groups is 1. The molecule has 1 aliphatic rings. The Labute approximate surface area is 90.9 Å². The van der Waals surface area contributed by atoms with Gasteiger partial charge in [-0.15, -0.1) is 11.8 Å². The van der Waals surface area contributed by atoms with Gasteiger partial charge in [-0.2, -0.15) is 0 Å². The van der Waals surface area contributed by atoms with Crippen LogP contribution in [0, 0.1) is 10.1 Å². The fourth-order valence-electron chi connectivity index (χ4n) is 1.42. The standard InChI is InChI=1S/C9H10N2O3S/c12-11(13)7-9-10(3-5-15-9)6-8-2-1-4-14-8/h1-2,4,7H,3,5-6H2. The Morgan fingerprint density at radius 3 is 3.27 bits per heavy atom. The van der Waals surface area contributed by atoms with Gasteiger partial charge >= 0.3 is 0 Å². The zero-order chi connectivity index (χ0) is 10.7. The molecule has 0 aliphatic carbocycles. The van der Waals surface area contributed by atoms with Crippen LogP contribution in [-0.2, 0) is 6.54 Å². The summed E-state index contributed by atoms with van der Waals surface area (Å²) in [5.74, 6) is 1.71. The first-order valence-electron chi connectivity index (χ1n) is 4.51. The van der Waals surface area contributed by atoms with Crippen LogP contribution in [0.5, 0.6) is 0 Å². The van der Waals surface area contributed by atoms with Crippen molar-refractivity contribution in [1.82, 2.24) is 4.90 Å². The minimum Gasteiger partial charge on any atom is -0.467 e. The summed E-state index contributed by atoms with van der Waals surface area (Å²) in [6, 6.07) is 3.68. The molecule has 0 N–H and O–H groups in total. The van der Waals surface area contributed by atoms with Crippen LogP contribution in [0.4, 0.5) is 0 Å². The zero-order valence-corrected chi connectivity index (χ0v) is 8.77. The van der Waals surface area contributed by atoms with Crippen molar-refractivity contribution in [1.29, 1.82) is 0 Å². The zero-order valence-electron chi connectivity index (χ0n) is 7.96. The molecule has 0 spiro atoms. The summed E-state index contributed by atoms with van der Waals surface area (Å²) in [7, 11) is 0. The van der Waals surface area contributed by atoms with E-state index in [0.717, 1.165) is 24.3 Å². The highest BCUT2D eigenvalue weighted by atomic mass is 32.2. The van der Waals surface area contributed by atoms with Gasteiger partial charge in [-0.3, -0.25) is 10.1 Å². The summed E-state index contributed by atoms with van der Waals surface area (Å²) < 4.78 is 5.20. The Morgan fingerprint density at radius 2 is 2.60 bits per heavy atom. The summed E-state index contributed by atoms with van der Waals surface area (Å²) in [5, 5.41) is 11.1. The average Bonchev–Trinajstić information content (AvgIpc) is 2.78. The van der Waals surface area contributed by atoms with Crippen LogP contribution < -0.4 is 0 Å². The van der Waals surface area contributed by atoms with Gasteiger partial charge in [0.2, 0.25) is 0 Å². The van der Waals surface area contributed by atoms with E-state index in [0.29, 0.717) is 11.6 Å². The lowest BCUT2D eigenvalue weighted by atomic mass is 10.4. The molecule has 80 valence electrons. The van der Waals surface area contributed by atoms with E-state index < -0.39 is 4.92 Å². The van der Waals surface area contributed by atoms with Gasteiger partial charge in [-0.1, -0.05) is 0 Å². The molecule has 1 aromatic heterocycles. The Morgan fingerprint density at radius 1 is 1.73 bits per heavy atom. The molecular formula is C9H10N2O3S. The molecule has 5 nitrogen and oxygen atoms in total. The number of furan rings is 1. The molecule has 1 aliphatic heterocycles. The van der Waals surface area contributed by atoms with Crippen molar-refractivity contribution in [2.45, 2.75) is 6.54 Å². The lowest BCUT2D eigenvalue weighted by Crippen LogP contribution is -2.17. The van der Waals surface area contributed by atoms with E-state index >= 15 is 0 Å². The quantitative estimate of drug-likeness (QED) is 0.582. The maximum Gasteiger partial charge on any atom is 0.264 e. The molecule has 0 unspecified atom stereocenters. The highest BCUT2D eigenvalue weighted by Gasteiger charge is 2.21. The summed E-state index contributed by atoms with van der Waals surface area (Å²) in [6.45, 7) is 1.42. The Balaban J connectivity index is 2.05. The van der Waals surface area contributed by atoms with Crippen molar-refractivity contribution in [3.63, 3.8) is 0 Å². The third kappa shape index (κ3) is 2.53. The molecule has 0 atom stereocenters. The fraction of sp³-hybridized carbons (Fsp3) is 0.333. The van der Waals surface area contributed by atoms with Gasteiger partial charge in [0.05, 0.1) is 17.7 Å². The van der Waals surface area contributed by atoms with E-state index in [1.807, 2.05) is 17.0 Å². The minimum atomic E-state index is -0.414. The highest BCUT2D eigenvalue weighted by Crippen LogP contribution is 2.29. The van der Waals surface area contributed by atoms with Gasteiger partial charge in [-0.25, -0.2) is 0 Å². The third-order valence-corrected chi connectivity index (χ3v) is 3.11. The van der Waals surface area contributed by atoms with Crippen molar-refractivity contribution in [2.75, 3.05) is 12.3 Å². The van der Waals surface area contributed by atoms with Gasteiger partial charge < -0.3 is 9.32 Å². The van der Waals surface area contributed by atoms with Gasteiger partial charge in [-0.05, 0) is 12.1 Å². The van der Waals surface area contributed by atoms with E-state index in [1.54, 1.807) is 6.26 Å².